The Labute approximate surface area is 128 Å². The number of rotatable bonds is 4. The molecule has 1 heterocycles. The van der Waals surface area contributed by atoms with E-state index in [2.05, 4.69) is 24.1 Å². The predicted molar refractivity (Wildman–Crippen MR) is 84.1 cm³/mol. The van der Waals surface area contributed by atoms with Gasteiger partial charge in [-0.3, -0.25) is 9.69 Å². The van der Waals surface area contributed by atoms with Gasteiger partial charge in [0, 0.05) is 25.2 Å². The Morgan fingerprint density at radius 2 is 2.00 bits per heavy atom. The van der Waals surface area contributed by atoms with Crippen LogP contribution in [0.15, 0.2) is 0 Å². The van der Waals surface area contributed by atoms with Gasteiger partial charge in [0.25, 0.3) is 0 Å². The van der Waals surface area contributed by atoms with E-state index in [1.165, 1.54) is 19.3 Å². The highest BCUT2D eigenvalue weighted by Crippen LogP contribution is 2.35. The van der Waals surface area contributed by atoms with E-state index in [9.17, 15) is 4.79 Å². The van der Waals surface area contributed by atoms with Gasteiger partial charge in [-0.2, -0.15) is 0 Å². The van der Waals surface area contributed by atoms with E-state index in [0.717, 1.165) is 32.5 Å². The number of hydrogen-bond acceptors (Lipinski definition) is 4. The standard InChI is InChI=1S/C16H31N3O2/c1-13(17)14(20)18-11-16(7-5-4-6-8-16)19-9-10-21-15(2,3)12-19/h13H,4-12,17H2,1-3H3,(H,18,20)/t13-/m1/s1. The zero-order valence-electron chi connectivity index (χ0n) is 13.8. The Balaban J connectivity index is 2.07. The molecule has 5 heteroatoms. The Morgan fingerprint density at radius 1 is 1.33 bits per heavy atom. The molecule has 0 bridgehead atoms. The van der Waals surface area contributed by atoms with Crippen molar-refractivity contribution >= 4 is 5.91 Å². The van der Waals surface area contributed by atoms with Crippen molar-refractivity contribution in [2.75, 3.05) is 26.2 Å². The van der Waals surface area contributed by atoms with Crippen LogP contribution in [0.3, 0.4) is 0 Å². The average Bonchev–Trinajstić information content (AvgIpc) is 2.44. The van der Waals surface area contributed by atoms with Crippen LogP contribution in [0.25, 0.3) is 0 Å². The highest BCUT2D eigenvalue weighted by Gasteiger charge is 2.42. The van der Waals surface area contributed by atoms with Crippen molar-refractivity contribution in [3.63, 3.8) is 0 Å². The Hall–Kier alpha value is -0.650. The molecule has 1 amide bonds. The smallest absolute Gasteiger partial charge is 0.236 e. The molecule has 0 aromatic heterocycles. The van der Waals surface area contributed by atoms with Gasteiger partial charge >= 0.3 is 0 Å². The Kier molecular flexibility index (Phi) is 5.28. The summed E-state index contributed by atoms with van der Waals surface area (Å²) in [5.74, 6) is -0.0486. The summed E-state index contributed by atoms with van der Waals surface area (Å²) in [5.41, 5.74) is 5.65. The molecule has 0 aromatic rings. The van der Waals surface area contributed by atoms with E-state index in [1.807, 2.05) is 0 Å². The minimum atomic E-state index is -0.438. The summed E-state index contributed by atoms with van der Waals surface area (Å²) in [6, 6.07) is -0.438. The van der Waals surface area contributed by atoms with Gasteiger partial charge in [-0.15, -0.1) is 0 Å². The molecule has 0 spiro atoms. The maximum atomic E-state index is 11.9. The van der Waals surface area contributed by atoms with Crippen molar-refractivity contribution in [1.82, 2.24) is 10.2 Å². The lowest BCUT2D eigenvalue weighted by molar-refractivity contribution is -0.129. The van der Waals surface area contributed by atoms with Crippen LogP contribution in [0.2, 0.25) is 0 Å². The third kappa shape index (κ3) is 4.18. The van der Waals surface area contributed by atoms with Crippen LogP contribution in [0.1, 0.15) is 52.9 Å². The molecular formula is C16H31N3O2. The summed E-state index contributed by atoms with van der Waals surface area (Å²) in [4.78, 5) is 14.4. The fourth-order valence-electron chi connectivity index (χ4n) is 3.65. The molecule has 3 N–H and O–H groups in total. The molecule has 2 fully saturated rings. The Morgan fingerprint density at radius 3 is 2.57 bits per heavy atom. The van der Waals surface area contributed by atoms with E-state index < -0.39 is 6.04 Å². The third-order valence-corrected chi connectivity index (χ3v) is 4.89. The van der Waals surface area contributed by atoms with Crippen LogP contribution < -0.4 is 11.1 Å². The second kappa shape index (κ2) is 6.63. The van der Waals surface area contributed by atoms with Crippen LogP contribution in [-0.4, -0.2) is 54.2 Å². The average molecular weight is 297 g/mol. The van der Waals surface area contributed by atoms with Gasteiger partial charge in [0.15, 0.2) is 0 Å². The van der Waals surface area contributed by atoms with Crippen molar-refractivity contribution in [3.8, 4) is 0 Å². The van der Waals surface area contributed by atoms with Crippen molar-refractivity contribution in [2.24, 2.45) is 5.73 Å². The summed E-state index contributed by atoms with van der Waals surface area (Å²) in [7, 11) is 0. The number of nitrogens with one attached hydrogen (secondary N) is 1. The maximum absolute atomic E-state index is 11.9. The van der Waals surface area contributed by atoms with Gasteiger partial charge in [-0.25, -0.2) is 0 Å². The third-order valence-electron chi connectivity index (χ3n) is 4.89. The molecule has 1 saturated heterocycles. The lowest BCUT2D eigenvalue weighted by Gasteiger charge is -2.51. The van der Waals surface area contributed by atoms with Gasteiger partial charge in [0.05, 0.1) is 18.2 Å². The summed E-state index contributed by atoms with van der Waals surface area (Å²) in [6.45, 7) is 9.41. The zero-order chi connectivity index (χ0) is 15.5. The molecule has 1 aliphatic carbocycles. The van der Waals surface area contributed by atoms with Gasteiger partial charge in [-0.1, -0.05) is 19.3 Å². The quantitative estimate of drug-likeness (QED) is 0.820. The van der Waals surface area contributed by atoms with E-state index in [4.69, 9.17) is 10.5 Å². The molecule has 122 valence electrons. The summed E-state index contributed by atoms with van der Waals surface area (Å²) in [6.07, 6.45) is 6.10. The Bertz CT molecular complexity index is 363. The van der Waals surface area contributed by atoms with E-state index in [1.54, 1.807) is 6.92 Å². The fourth-order valence-corrected chi connectivity index (χ4v) is 3.65. The van der Waals surface area contributed by atoms with Crippen molar-refractivity contribution in [3.05, 3.63) is 0 Å². The lowest BCUT2D eigenvalue weighted by atomic mass is 9.79. The number of nitrogens with zero attached hydrogens (tertiary/aromatic N) is 1. The summed E-state index contributed by atoms with van der Waals surface area (Å²) >= 11 is 0. The van der Waals surface area contributed by atoms with Gasteiger partial charge in [0.1, 0.15) is 0 Å². The molecule has 2 rings (SSSR count). The first-order chi connectivity index (χ1) is 9.85. The molecule has 5 nitrogen and oxygen atoms in total. The van der Waals surface area contributed by atoms with Gasteiger partial charge in [0.2, 0.25) is 5.91 Å². The zero-order valence-corrected chi connectivity index (χ0v) is 13.8. The van der Waals surface area contributed by atoms with Crippen molar-refractivity contribution in [2.45, 2.75) is 70.1 Å². The molecule has 2 aliphatic rings. The molecule has 0 unspecified atom stereocenters. The van der Waals surface area contributed by atoms with Gasteiger partial charge < -0.3 is 15.8 Å². The molecule has 0 radical (unpaired) electrons. The molecular weight excluding hydrogens is 266 g/mol. The molecule has 21 heavy (non-hydrogen) atoms. The molecule has 0 aromatic carbocycles. The SMILES string of the molecule is C[C@@H](N)C(=O)NCC1(N2CCOC(C)(C)C2)CCCCC1. The monoisotopic (exact) mass is 297 g/mol. The van der Waals surface area contributed by atoms with E-state index in [0.29, 0.717) is 6.54 Å². The van der Waals surface area contributed by atoms with Crippen LogP contribution in [-0.2, 0) is 9.53 Å². The highest BCUT2D eigenvalue weighted by molar-refractivity contribution is 5.81. The fraction of sp³-hybridized carbons (Fsp3) is 0.938. The highest BCUT2D eigenvalue weighted by atomic mass is 16.5. The predicted octanol–water partition coefficient (Wildman–Crippen LogP) is 1.26. The summed E-state index contributed by atoms with van der Waals surface area (Å²) in [5, 5.41) is 3.07. The van der Waals surface area contributed by atoms with Crippen LogP contribution in [0.4, 0.5) is 0 Å². The molecule has 1 aliphatic heterocycles. The molecule has 1 atom stereocenters. The molecule has 1 saturated carbocycles. The number of nitrogens with two attached hydrogens (primary N) is 1. The maximum Gasteiger partial charge on any atom is 0.236 e. The van der Waals surface area contributed by atoms with E-state index in [-0.39, 0.29) is 17.0 Å². The normalized spacial score (nSPS) is 27.0. The number of ether oxygens (including phenoxy) is 1. The minimum Gasteiger partial charge on any atom is -0.373 e. The van der Waals surface area contributed by atoms with E-state index >= 15 is 0 Å². The number of morpholine rings is 1. The first kappa shape index (κ1) is 16.7. The second-order valence-electron chi connectivity index (χ2n) is 7.32. The largest absolute Gasteiger partial charge is 0.373 e. The van der Waals surface area contributed by atoms with Crippen molar-refractivity contribution in [1.29, 1.82) is 0 Å². The van der Waals surface area contributed by atoms with Crippen LogP contribution in [0.5, 0.6) is 0 Å². The second-order valence-corrected chi connectivity index (χ2v) is 7.32. The van der Waals surface area contributed by atoms with Crippen molar-refractivity contribution < 1.29 is 9.53 Å². The van der Waals surface area contributed by atoms with Crippen LogP contribution >= 0.6 is 0 Å². The lowest BCUT2D eigenvalue weighted by Crippen LogP contribution is -2.63. The number of hydrogen-bond donors (Lipinski definition) is 2. The number of carbonyl (C=O) groups is 1. The number of carbonyl (C=O) groups excluding carboxylic acids is 1. The first-order valence-electron chi connectivity index (χ1n) is 8.27. The van der Waals surface area contributed by atoms with Crippen LogP contribution in [0, 0.1) is 0 Å². The first-order valence-corrected chi connectivity index (χ1v) is 8.27. The minimum absolute atomic E-state index is 0.0486. The topological polar surface area (TPSA) is 67.6 Å². The summed E-state index contributed by atoms with van der Waals surface area (Å²) < 4.78 is 5.85. The van der Waals surface area contributed by atoms with Gasteiger partial charge in [-0.05, 0) is 33.6 Å². The number of amides is 1.